The molecule has 0 aromatic carbocycles. The van der Waals surface area contributed by atoms with Gasteiger partial charge in [0.2, 0.25) is 5.91 Å². The second-order valence-electron chi connectivity index (χ2n) is 5.26. The number of nitrogens with two attached hydrogens (primary N) is 1. The minimum Gasteiger partial charge on any atom is -0.330 e. The molecule has 2 rings (SSSR count). The molecular weight excluding hydrogens is 299 g/mol. The number of carbonyl (C=O) groups is 1. The van der Waals surface area contributed by atoms with E-state index in [0.717, 1.165) is 25.2 Å². The number of aromatic nitrogens is 1. The van der Waals surface area contributed by atoms with Crippen LogP contribution in [0.1, 0.15) is 13.3 Å². The highest BCUT2D eigenvalue weighted by Gasteiger charge is 2.32. The van der Waals surface area contributed by atoms with Crippen molar-refractivity contribution < 1.29 is 4.79 Å². The van der Waals surface area contributed by atoms with E-state index in [-0.39, 0.29) is 36.1 Å². The normalized spacial score (nSPS) is 21.7. The monoisotopic (exact) mass is 320 g/mol. The van der Waals surface area contributed by atoms with Crippen molar-refractivity contribution in [2.75, 3.05) is 31.5 Å². The number of rotatable bonds is 4. The number of hydrogen-bond acceptors (Lipinski definition) is 4. The van der Waals surface area contributed by atoms with Crippen LogP contribution in [-0.4, -0.2) is 42.0 Å². The SMILES string of the molecule is CC1(CN)CCN(CC(=O)Nc2ccncc2)C1.Cl.Cl. The minimum absolute atomic E-state index is 0. The van der Waals surface area contributed by atoms with Gasteiger partial charge in [-0.2, -0.15) is 0 Å². The lowest BCUT2D eigenvalue weighted by Crippen LogP contribution is -2.35. The summed E-state index contributed by atoms with van der Waals surface area (Å²) in [6, 6.07) is 3.57. The zero-order valence-electron chi connectivity index (χ0n) is 11.5. The number of hydrogen-bond donors (Lipinski definition) is 2. The highest BCUT2D eigenvalue weighted by Crippen LogP contribution is 2.28. The number of halogens is 2. The molecule has 114 valence electrons. The zero-order valence-corrected chi connectivity index (χ0v) is 13.2. The van der Waals surface area contributed by atoms with E-state index >= 15 is 0 Å². The standard InChI is InChI=1S/C13H20N4O.2ClH/c1-13(9-14)4-7-17(10-13)8-12(18)16-11-2-5-15-6-3-11;;/h2-3,5-6H,4,7-10,14H2,1H3,(H,15,16,18);2*1H. The topological polar surface area (TPSA) is 71.2 Å². The smallest absolute Gasteiger partial charge is 0.238 e. The summed E-state index contributed by atoms with van der Waals surface area (Å²) in [6.07, 6.45) is 4.39. The van der Waals surface area contributed by atoms with Gasteiger partial charge in [0.05, 0.1) is 6.54 Å². The molecule has 1 aromatic heterocycles. The predicted octanol–water partition coefficient (Wildman–Crippen LogP) is 1.53. The Morgan fingerprint density at radius 3 is 2.65 bits per heavy atom. The molecule has 1 aromatic rings. The van der Waals surface area contributed by atoms with Gasteiger partial charge in [0, 0.05) is 24.6 Å². The second kappa shape index (κ2) is 8.42. The first kappa shape index (κ1) is 19.1. The number of anilines is 1. The number of nitrogens with one attached hydrogen (secondary N) is 1. The van der Waals surface area contributed by atoms with Crippen molar-refractivity contribution in [3.8, 4) is 0 Å². The first-order valence-electron chi connectivity index (χ1n) is 6.24. The van der Waals surface area contributed by atoms with Crippen molar-refractivity contribution in [3.05, 3.63) is 24.5 Å². The number of nitrogens with zero attached hydrogens (tertiary/aromatic N) is 2. The van der Waals surface area contributed by atoms with E-state index in [0.29, 0.717) is 13.1 Å². The lowest BCUT2D eigenvalue weighted by Gasteiger charge is -2.22. The molecule has 1 saturated heterocycles. The van der Waals surface area contributed by atoms with Crippen molar-refractivity contribution in [1.82, 2.24) is 9.88 Å². The average molecular weight is 321 g/mol. The fourth-order valence-corrected chi connectivity index (χ4v) is 2.27. The summed E-state index contributed by atoms with van der Waals surface area (Å²) in [5.74, 6) is 0.0162. The fraction of sp³-hybridized carbons (Fsp3) is 0.538. The Morgan fingerprint density at radius 1 is 1.45 bits per heavy atom. The Bertz CT molecular complexity index is 418. The summed E-state index contributed by atoms with van der Waals surface area (Å²) < 4.78 is 0. The van der Waals surface area contributed by atoms with Crippen LogP contribution in [0.4, 0.5) is 5.69 Å². The number of pyridine rings is 1. The van der Waals surface area contributed by atoms with Gasteiger partial charge in [0.15, 0.2) is 0 Å². The van der Waals surface area contributed by atoms with Crippen LogP contribution < -0.4 is 11.1 Å². The Balaban J connectivity index is 0.00000180. The molecule has 0 aliphatic carbocycles. The fourth-order valence-electron chi connectivity index (χ4n) is 2.27. The third-order valence-electron chi connectivity index (χ3n) is 3.46. The molecule has 1 aliphatic rings. The molecule has 3 N–H and O–H groups in total. The van der Waals surface area contributed by atoms with Crippen LogP contribution in [0, 0.1) is 5.41 Å². The second-order valence-corrected chi connectivity index (χ2v) is 5.26. The minimum atomic E-state index is 0. The molecule has 2 heterocycles. The van der Waals surface area contributed by atoms with E-state index in [1.165, 1.54) is 0 Å². The lowest BCUT2D eigenvalue weighted by atomic mass is 9.90. The third-order valence-corrected chi connectivity index (χ3v) is 3.46. The van der Waals surface area contributed by atoms with Gasteiger partial charge in [-0.25, -0.2) is 0 Å². The maximum absolute atomic E-state index is 11.9. The van der Waals surface area contributed by atoms with Gasteiger partial charge >= 0.3 is 0 Å². The molecule has 1 unspecified atom stereocenters. The quantitative estimate of drug-likeness (QED) is 0.882. The van der Waals surface area contributed by atoms with Crippen LogP contribution in [0.3, 0.4) is 0 Å². The van der Waals surface area contributed by atoms with Crippen LogP contribution in [0.15, 0.2) is 24.5 Å². The van der Waals surface area contributed by atoms with Crippen LogP contribution in [-0.2, 0) is 4.79 Å². The molecule has 1 amide bonds. The van der Waals surface area contributed by atoms with Gasteiger partial charge in [-0.1, -0.05) is 6.92 Å². The molecule has 1 fully saturated rings. The molecule has 7 heteroatoms. The van der Waals surface area contributed by atoms with Gasteiger partial charge in [-0.15, -0.1) is 24.8 Å². The average Bonchev–Trinajstić information content (AvgIpc) is 2.73. The zero-order chi connectivity index (χ0) is 13.0. The first-order chi connectivity index (χ1) is 8.61. The summed E-state index contributed by atoms with van der Waals surface area (Å²) in [7, 11) is 0. The number of likely N-dealkylation sites (tertiary alicyclic amines) is 1. The Morgan fingerprint density at radius 2 is 2.10 bits per heavy atom. The Hall–Kier alpha value is -0.880. The van der Waals surface area contributed by atoms with Crippen molar-refractivity contribution in [2.24, 2.45) is 11.1 Å². The Labute approximate surface area is 132 Å². The summed E-state index contributed by atoms with van der Waals surface area (Å²) in [4.78, 5) is 17.9. The lowest BCUT2D eigenvalue weighted by molar-refractivity contribution is -0.117. The predicted molar refractivity (Wildman–Crippen MR) is 85.6 cm³/mol. The molecule has 0 saturated carbocycles. The molecule has 0 bridgehead atoms. The largest absolute Gasteiger partial charge is 0.330 e. The van der Waals surface area contributed by atoms with E-state index in [2.05, 4.69) is 22.1 Å². The molecule has 0 spiro atoms. The van der Waals surface area contributed by atoms with E-state index in [4.69, 9.17) is 5.73 Å². The highest BCUT2D eigenvalue weighted by molar-refractivity contribution is 5.92. The van der Waals surface area contributed by atoms with E-state index in [1.54, 1.807) is 24.5 Å². The molecule has 1 aliphatic heterocycles. The van der Waals surface area contributed by atoms with E-state index < -0.39 is 0 Å². The van der Waals surface area contributed by atoms with Gasteiger partial charge < -0.3 is 11.1 Å². The van der Waals surface area contributed by atoms with Crippen molar-refractivity contribution in [3.63, 3.8) is 0 Å². The Kier molecular flexibility index (Phi) is 8.05. The molecule has 20 heavy (non-hydrogen) atoms. The molecular formula is C13H22Cl2N4O. The number of carbonyl (C=O) groups excluding carboxylic acids is 1. The summed E-state index contributed by atoms with van der Waals surface area (Å²) in [5.41, 5.74) is 6.70. The van der Waals surface area contributed by atoms with Crippen molar-refractivity contribution in [2.45, 2.75) is 13.3 Å². The summed E-state index contributed by atoms with van der Waals surface area (Å²) in [6.45, 7) is 5.12. The molecule has 5 nitrogen and oxygen atoms in total. The van der Waals surface area contributed by atoms with Crippen LogP contribution >= 0.6 is 24.8 Å². The van der Waals surface area contributed by atoms with E-state index in [9.17, 15) is 4.79 Å². The van der Waals surface area contributed by atoms with Crippen molar-refractivity contribution in [1.29, 1.82) is 0 Å². The van der Waals surface area contributed by atoms with Crippen LogP contribution in [0.5, 0.6) is 0 Å². The van der Waals surface area contributed by atoms with Crippen molar-refractivity contribution >= 4 is 36.4 Å². The maximum Gasteiger partial charge on any atom is 0.238 e. The van der Waals surface area contributed by atoms with Crippen LogP contribution in [0.25, 0.3) is 0 Å². The maximum atomic E-state index is 11.9. The summed E-state index contributed by atoms with van der Waals surface area (Å²) >= 11 is 0. The van der Waals surface area contributed by atoms with Crippen LogP contribution in [0.2, 0.25) is 0 Å². The van der Waals surface area contributed by atoms with Gasteiger partial charge in [-0.3, -0.25) is 14.7 Å². The first-order valence-corrected chi connectivity index (χ1v) is 6.24. The van der Waals surface area contributed by atoms with Gasteiger partial charge in [0.25, 0.3) is 0 Å². The van der Waals surface area contributed by atoms with Gasteiger partial charge in [0.1, 0.15) is 0 Å². The molecule has 0 radical (unpaired) electrons. The van der Waals surface area contributed by atoms with Gasteiger partial charge in [-0.05, 0) is 37.1 Å². The summed E-state index contributed by atoms with van der Waals surface area (Å²) in [5, 5.41) is 2.86. The van der Waals surface area contributed by atoms with E-state index in [1.807, 2.05) is 0 Å². The third kappa shape index (κ3) is 5.25. The highest BCUT2D eigenvalue weighted by atomic mass is 35.5. The number of amides is 1. The molecule has 1 atom stereocenters.